The normalized spacial score (nSPS) is 10.9. The van der Waals surface area contributed by atoms with E-state index in [2.05, 4.69) is 35.8 Å². The van der Waals surface area contributed by atoms with Gasteiger partial charge in [-0.25, -0.2) is 34.3 Å². The fraction of sp³-hybridized carbons (Fsp3) is 0.120. The highest BCUT2D eigenvalue weighted by atomic mass is 19.1. The van der Waals surface area contributed by atoms with Crippen LogP contribution in [0.15, 0.2) is 43.0 Å². The second-order valence-corrected chi connectivity index (χ2v) is 7.80. The monoisotopic (exact) mass is 466 g/mol. The summed E-state index contributed by atoms with van der Waals surface area (Å²) in [5.41, 5.74) is 10.9. The molecule has 0 bridgehead atoms. The molecule has 0 fully saturated rings. The lowest BCUT2D eigenvalue weighted by atomic mass is 10.00. The lowest BCUT2D eigenvalue weighted by Crippen LogP contribution is -2.01. The molecule has 0 saturated heterocycles. The average Bonchev–Trinajstić information content (AvgIpc) is 3.14. The third-order valence-electron chi connectivity index (χ3n) is 5.51. The molecule has 0 aliphatic heterocycles. The molecule has 4 heterocycles. The number of fused-ring (bicyclic) bond motifs is 1. The van der Waals surface area contributed by atoms with Crippen molar-refractivity contribution in [3.63, 3.8) is 0 Å². The summed E-state index contributed by atoms with van der Waals surface area (Å²) in [4.78, 5) is 25.7. The fourth-order valence-corrected chi connectivity index (χ4v) is 3.93. The first-order valence-electron chi connectivity index (χ1n) is 10.5. The maximum atomic E-state index is 15.2. The minimum atomic E-state index is -0.600. The van der Waals surface area contributed by atoms with E-state index in [1.165, 1.54) is 24.7 Å². The highest BCUT2D eigenvalue weighted by Gasteiger charge is 2.25. The van der Waals surface area contributed by atoms with Gasteiger partial charge in [-0.3, -0.25) is 0 Å². The molecule has 0 unspecified atom stereocenters. The van der Waals surface area contributed by atoms with Crippen molar-refractivity contribution in [1.82, 2.24) is 34.5 Å². The first-order valence-corrected chi connectivity index (χ1v) is 10.5. The van der Waals surface area contributed by atoms with Crippen LogP contribution in [0.1, 0.15) is 17.1 Å². The van der Waals surface area contributed by atoms with Gasteiger partial charge in [-0.2, -0.15) is 0 Å². The van der Waals surface area contributed by atoms with Crippen molar-refractivity contribution in [2.75, 3.05) is 5.73 Å². The molecule has 5 aromatic rings. The number of anilines is 1. The first-order chi connectivity index (χ1) is 16.9. The number of nitrogen functional groups attached to an aromatic ring is 1. The summed E-state index contributed by atoms with van der Waals surface area (Å²) < 4.78 is 22.6. The topological polar surface area (TPSA) is 118 Å². The SMILES string of the molecule is C#Cc1cnc(-c2c(-c3ccc(Oc4nccc(C)n4)c(F)c3)c3c(N)ncnc3n2C)c(C)n1. The summed E-state index contributed by atoms with van der Waals surface area (Å²) in [7, 11) is 1.83. The quantitative estimate of drug-likeness (QED) is 0.395. The Morgan fingerprint density at radius 1 is 1.09 bits per heavy atom. The van der Waals surface area contributed by atoms with Gasteiger partial charge in [-0.1, -0.05) is 6.07 Å². The van der Waals surface area contributed by atoms with Crippen LogP contribution in [-0.2, 0) is 7.05 Å². The molecule has 10 heteroatoms. The molecule has 0 aliphatic carbocycles. The molecule has 0 aliphatic rings. The van der Waals surface area contributed by atoms with Gasteiger partial charge in [-0.05, 0) is 43.5 Å². The smallest absolute Gasteiger partial charge is 0.322 e. The number of aryl methyl sites for hydroxylation is 3. The van der Waals surface area contributed by atoms with Gasteiger partial charge in [0, 0.05) is 24.5 Å². The average molecular weight is 466 g/mol. The van der Waals surface area contributed by atoms with Gasteiger partial charge in [0.2, 0.25) is 0 Å². The summed E-state index contributed by atoms with van der Waals surface area (Å²) in [6, 6.07) is 6.37. The van der Waals surface area contributed by atoms with E-state index >= 15 is 4.39 Å². The highest BCUT2D eigenvalue weighted by Crippen LogP contribution is 2.42. The van der Waals surface area contributed by atoms with Crippen LogP contribution in [0.4, 0.5) is 10.2 Å². The fourth-order valence-electron chi connectivity index (χ4n) is 3.93. The Morgan fingerprint density at radius 2 is 1.91 bits per heavy atom. The highest BCUT2D eigenvalue weighted by molar-refractivity contribution is 6.07. The lowest BCUT2D eigenvalue weighted by molar-refractivity contribution is 0.410. The van der Waals surface area contributed by atoms with Gasteiger partial charge < -0.3 is 15.0 Å². The molecule has 0 radical (unpaired) electrons. The number of terminal acetylenes is 1. The molecular formula is C25H19FN8O. The van der Waals surface area contributed by atoms with Gasteiger partial charge in [0.25, 0.3) is 0 Å². The Kier molecular flexibility index (Phi) is 5.30. The minimum absolute atomic E-state index is 0.0142. The van der Waals surface area contributed by atoms with Crippen LogP contribution in [0, 0.1) is 32.0 Å². The van der Waals surface area contributed by atoms with Crippen LogP contribution < -0.4 is 10.5 Å². The Balaban J connectivity index is 1.71. The van der Waals surface area contributed by atoms with Crippen LogP contribution in [0.3, 0.4) is 0 Å². The number of aromatic nitrogens is 7. The molecule has 172 valence electrons. The Bertz CT molecular complexity index is 1650. The van der Waals surface area contributed by atoms with E-state index < -0.39 is 5.82 Å². The molecule has 0 spiro atoms. The number of ether oxygens (including phenoxy) is 1. The van der Waals surface area contributed by atoms with Crippen molar-refractivity contribution < 1.29 is 9.13 Å². The van der Waals surface area contributed by atoms with Crippen LogP contribution in [0.5, 0.6) is 11.8 Å². The Morgan fingerprint density at radius 3 is 2.63 bits per heavy atom. The molecule has 0 amide bonds. The number of rotatable bonds is 4. The van der Waals surface area contributed by atoms with Crippen molar-refractivity contribution in [2.45, 2.75) is 13.8 Å². The molecule has 2 N–H and O–H groups in total. The molecule has 35 heavy (non-hydrogen) atoms. The van der Waals surface area contributed by atoms with E-state index in [-0.39, 0.29) is 17.6 Å². The Hall–Kier alpha value is -4.91. The van der Waals surface area contributed by atoms with Crippen LogP contribution in [0.25, 0.3) is 33.5 Å². The maximum absolute atomic E-state index is 15.2. The van der Waals surface area contributed by atoms with Crippen molar-refractivity contribution in [1.29, 1.82) is 0 Å². The third-order valence-corrected chi connectivity index (χ3v) is 5.51. The minimum Gasteiger partial charge on any atom is -0.421 e. The van der Waals surface area contributed by atoms with E-state index in [1.54, 1.807) is 32.2 Å². The van der Waals surface area contributed by atoms with Crippen LogP contribution >= 0.6 is 0 Å². The standard InChI is InChI=1S/C25H19FN8O/c1-5-16-11-29-21(14(3)33-16)22-19(20-23(27)30-12-31-24(20)34(22)4)15-6-7-18(17(26)10-15)35-25-28-9-8-13(2)32-25/h1,6-12H,2-4H3,(H2,27,30,31). The molecular weight excluding hydrogens is 447 g/mol. The molecule has 5 rings (SSSR count). The molecule has 9 nitrogen and oxygen atoms in total. The van der Waals surface area contributed by atoms with Crippen molar-refractivity contribution in [2.24, 2.45) is 7.05 Å². The van der Waals surface area contributed by atoms with Gasteiger partial charge >= 0.3 is 6.01 Å². The summed E-state index contributed by atoms with van der Waals surface area (Å²) in [6.45, 7) is 3.60. The van der Waals surface area contributed by atoms with Crippen molar-refractivity contribution >= 4 is 16.9 Å². The van der Waals surface area contributed by atoms with E-state index in [1.807, 2.05) is 11.6 Å². The summed E-state index contributed by atoms with van der Waals surface area (Å²) >= 11 is 0. The van der Waals surface area contributed by atoms with E-state index in [0.29, 0.717) is 50.6 Å². The number of hydrogen-bond acceptors (Lipinski definition) is 8. The molecule has 0 atom stereocenters. The summed E-state index contributed by atoms with van der Waals surface area (Å²) in [6.07, 6.45) is 9.92. The van der Waals surface area contributed by atoms with Gasteiger partial charge in [-0.15, -0.1) is 6.42 Å². The number of halogens is 1. The Labute approximate surface area is 199 Å². The number of benzene rings is 1. The number of nitrogens with zero attached hydrogens (tertiary/aromatic N) is 7. The van der Waals surface area contributed by atoms with Crippen molar-refractivity contribution in [3.8, 4) is 46.6 Å². The van der Waals surface area contributed by atoms with Gasteiger partial charge in [0.15, 0.2) is 11.6 Å². The van der Waals surface area contributed by atoms with E-state index in [9.17, 15) is 0 Å². The second-order valence-electron chi connectivity index (χ2n) is 7.80. The van der Waals surface area contributed by atoms with Crippen LogP contribution in [0.2, 0.25) is 0 Å². The summed E-state index contributed by atoms with van der Waals surface area (Å²) in [5, 5.41) is 0.572. The van der Waals surface area contributed by atoms with Gasteiger partial charge in [0.1, 0.15) is 29.2 Å². The number of nitrogens with two attached hydrogens (primary N) is 1. The van der Waals surface area contributed by atoms with Gasteiger partial charge in [0.05, 0.1) is 23.0 Å². The predicted molar refractivity (Wildman–Crippen MR) is 129 cm³/mol. The lowest BCUT2D eigenvalue weighted by Gasteiger charge is -2.11. The predicted octanol–water partition coefficient (Wildman–Crippen LogP) is 3.99. The third kappa shape index (κ3) is 3.79. The maximum Gasteiger partial charge on any atom is 0.322 e. The molecule has 4 aromatic heterocycles. The molecule has 0 saturated carbocycles. The number of hydrogen-bond donors (Lipinski definition) is 1. The first kappa shape index (κ1) is 21.9. The summed E-state index contributed by atoms with van der Waals surface area (Å²) in [5.74, 6) is 2.13. The van der Waals surface area contributed by atoms with Crippen LogP contribution in [-0.4, -0.2) is 34.5 Å². The van der Waals surface area contributed by atoms with Crippen molar-refractivity contribution in [3.05, 3.63) is 65.9 Å². The second kappa shape index (κ2) is 8.46. The van der Waals surface area contributed by atoms with E-state index in [4.69, 9.17) is 16.9 Å². The zero-order valence-corrected chi connectivity index (χ0v) is 19.1. The largest absolute Gasteiger partial charge is 0.421 e. The van der Waals surface area contributed by atoms with E-state index in [0.717, 1.165) is 0 Å². The molecule has 1 aromatic carbocycles. The zero-order valence-electron chi connectivity index (χ0n) is 19.1. The zero-order chi connectivity index (χ0) is 24.7.